The van der Waals surface area contributed by atoms with Crippen molar-refractivity contribution in [3.63, 3.8) is 0 Å². The molecule has 0 spiro atoms. The van der Waals surface area contributed by atoms with E-state index in [1.54, 1.807) is 13.8 Å². The zero-order valence-corrected chi connectivity index (χ0v) is 11.9. The highest BCUT2D eigenvalue weighted by Gasteiger charge is 2.26. The maximum absolute atomic E-state index is 12.3. The Morgan fingerprint density at radius 2 is 2.15 bits per heavy atom. The molecule has 1 aromatic rings. The molecule has 0 aliphatic carbocycles. The second-order valence-electron chi connectivity index (χ2n) is 5.32. The molecule has 2 rings (SSSR count). The number of hydrogen-bond donors (Lipinski definition) is 3. The average molecular weight is 280 g/mol. The van der Waals surface area contributed by atoms with Gasteiger partial charge in [0, 0.05) is 24.3 Å². The predicted molar refractivity (Wildman–Crippen MR) is 73.1 cm³/mol. The molecule has 2 atom stereocenters. The van der Waals surface area contributed by atoms with Crippen LogP contribution in [0.5, 0.6) is 0 Å². The summed E-state index contributed by atoms with van der Waals surface area (Å²) in [6.45, 7) is 6.69. The number of carboxylic acid groups (broad SMARTS) is 1. The third-order valence-electron chi connectivity index (χ3n) is 3.91. The summed E-state index contributed by atoms with van der Waals surface area (Å²) in [5, 5.41) is 12.0. The Labute approximate surface area is 117 Å². The van der Waals surface area contributed by atoms with Crippen molar-refractivity contribution in [1.29, 1.82) is 0 Å². The van der Waals surface area contributed by atoms with Gasteiger partial charge in [0.05, 0.1) is 12.2 Å². The highest BCUT2D eigenvalue weighted by atomic mass is 16.5. The van der Waals surface area contributed by atoms with Gasteiger partial charge in [-0.1, -0.05) is 0 Å². The van der Waals surface area contributed by atoms with Gasteiger partial charge in [0.1, 0.15) is 5.69 Å². The van der Waals surface area contributed by atoms with Crippen LogP contribution in [0.4, 0.5) is 0 Å². The smallest absolute Gasteiger partial charge is 0.352 e. The zero-order valence-electron chi connectivity index (χ0n) is 11.9. The van der Waals surface area contributed by atoms with Crippen LogP contribution in [0, 0.1) is 19.8 Å². The largest absolute Gasteiger partial charge is 0.477 e. The van der Waals surface area contributed by atoms with Crippen LogP contribution in [-0.2, 0) is 4.74 Å². The van der Waals surface area contributed by atoms with Gasteiger partial charge in [-0.15, -0.1) is 0 Å². The standard InChI is InChI=1S/C14H20N2O4/c1-7-11(9(3)15-12(7)14(18)19)13(17)16-8(2)10-4-5-20-6-10/h8,10,15H,4-6H2,1-3H3,(H,16,17)(H,18,19). The molecule has 6 heteroatoms. The normalized spacial score (nSPS) is 19.9. The monoisotopic (exact) mass is 280 g/mol. The third kappa shape index (κ3) is 2.70. The van der Waals surface area contributed by atoms with E-state index in [-0.39, 0.29) is 17.6 Å². The van der Waals surface area contributed by atoms with E-state index in [0.29, 0.717) is 29.3 Å². The Kier molecular flexibility index (Phi) is 4.13. The summed E-state index contributed by atoms with van der Waals surface area (Å²) in [5.74, 6) is -0.970. The van der Waals surface area contributed by atoms with E-state index in [9.17, 15) is 9.59 Å². The number of carbonyl (C=O) groups is 2. The van der Waals surface area contributed by atoms with E-state index >= 15 is 0 Å². The van der Waals surface area contributed by atoms with Crippen LogP contribution in [-0.4, -0.2) is 41.2 Å². The van der Waals surface area contributed by atoms with Crippen LogP contribution < -0.4 is 5.32 Å². The molecular weight excluding hydrogens is 260 g/mol. The summed E-state index contributed by atoms with van der Waals surface area (Å²) in [6.07, 6.45) is 0.937. The second kappa shape index (κ2) is 5.66. The number of carboxylic acids is 1. The maximum atomic E-state index is 12.3. The Bertz CT molecular complexity index is 530. The molecule has 1 amide bonds. The first-order valence-corrected chi connectivity index (χ1v) is 6.73. The molecule has 0 radical (unpaired) electrons. The van der Waals surface area contributed by atoms with Gasteiger partial charge in [-0.25, -0.2) is 4.79 Å². The van der Waals surface area contributed by atoms with Gasteiger partial charge >= 0.3 is 5.97 Å². The number of hydrogen-bond acceptors (Lipinski definition) is 3. The number of carbonyl (C=O) groups excluding carboxylic acids is 1. The Balaban J connectivity index is 2.14. The quantitative estimate of drug-likeness (QED) is 0.779. The van der Waals surface area contributed by atoms with Crippen LogP contribution in [0.15, 0.2) is 0 Å². The van der Waals surface area contributed by atoms with Crippen molar-refractivity contribution in [2.24, 2.45) is 5.92 Å². The number of rotatable bonds is 4. The average Bonchev–Trinajstić information content (AvgIpc) is 2.97. The lowest BCUT2D eigenvalue weighted by molar-refractivity contribution is 0.0690. The number of amides is 1. The first kappa shape index (κ1) is 14.6. The molecule has 1 saturated heterocycles. The van der Waals surface area contributed by atoms with Crippen molar-refractivity contribution < 1.29 is 19.4 Å². The summed E-state index contributed by atoms with van der Waals surface area (Å²) >= 11 is 0. The Morgan fingerprint density at radius 3 is 2.65 bits per heavy atom. The summed E-state index contributed by atoms with van der Waals surface area (Å²) in [5.41, 5.74) is 1.55. The molecule has 1 aliphatic rings. The number of aromatic amines is 1. The summed E-state index contributed by atoms with van der Waals surface area (Å²) in [4.78, 5) is 26.1. The number of aromatic nitrogens is 1. The first-order chi connectivity index (χ1) is 9.41. The van der Waals surface area contributed by atoms with E-state index in [1.807, 2.05) is 6.92 Å². The number of aryl methyl sites for hydroxylation is 1. The molecule has 0 aromatic carbocycles. The minimum absolute atomic E-state index is 0.00646. The van der Waals surface area contributed by atoms with Gasteiger partial charge in [-0.2, -0.15) is 0 Å². The molecule has 0 saturated carbocycles. The Morgan fingerprint density at radius 1 is 1.45 bits per heavy atom. The van der Waals surface area contributed by atoms with E-state index in [4.69, 9.17) is 9.84 Å². The van der Waals surface area contributed by atoms with Gasteiger partial charge in [0.15, 0.2) is 0 Å². The fourth-order valence-electron chi connectivity index (χ4n) is 2.65. The highest BCUT2D eigenvalue weighted by Crippen LogP contribution is 2.20. The van der Waals surface area contributed by atoms with Gasteiger partial charge in [-0.05, 0) is 32.8 Å². The van der Waals surface area contributed by atoms with Crippen molar-refractivity contribution in [3.8, 4) is 0 Å². The summed E-state index contributed by atoms with van der Waals surface area (Å²) in [6, 6.07) is 0.00646. The molecule has 1 aromatic heterocycles. The summed E-state index contributed by atoms with van der Waals surface area (Å²) < 4.78 is 5.31. The molecule has 110 valence electrons. The molecule has 0 bridgehead atoms. The lowest BCUT2D eigenvalue weighted by Gasteiger charge is -2.19. The first-order valence-electron chi connectivity index (χ1n) is 6.73. The van der Waals surface area contributed by atoms with Crippen LogP contribution in [0.1, 0.15) is 45.4 Å². The second-order valence-corrected chi connectivity index (χ2v) is 5.32. The lowest BCUT2D eigenvalue weighted by Crippen LogP contribution is -2.38. The molecule has 2 heterocycles. The van der Waals surface area contributed by atoms with Crippen LogP contribution >= 0.6 is 0 Å². The Hall–Kier alpha value is -1.82. The number of aromatic carboxylic acids is 1. The fraction of sp³-hybridized carbons (Fsp3) is 0.571. The van der Waals surface area contributed by atoms with Crippen molar-refractivity contribution in [2.45, 2.75) is 33.2 Å². The number of nitrogens with one attached hydrogen (secondary N) is 2. The van der Waals surface area contributed by atoms with E-state index < -0.39 is 5.97 Å². The van der Waals surface area contributed by atoms with Crippen LogP contribution in [0.3, 0.4) is 0 Å². The van der Waals surface area contributed by atoms with Crippen molar-refractivity contribution >= 4 is 11.9 Å². The molecule has 1 aliphatic heterocycles. The molecule has 1 fully saturated rings. The minimum atomic E-state index is -1.05. The van der Waals surface area contributed by atoms with E-state index in [0.717, 1.165) is 13.0 Å². The minimum Gasteiger partial charge on any atom is -0.477 e. The molecule has 3 N–H and O–H groups in total. The van der Waals surface area contributed by atoms with Gasteiger partial charge in [-0.3, -0.25) is 4.79 Å². The van der Waals surface area contributed by atoms with Crippen molar-refractivity contribution in [2.75, 3.05) is 13.2 Å². The third-order valence-corrected chi connectivity index (χ3v) is 3.91. The molecular formula is C14H20N2O4. The maximum Gasteiger partial charge on any atom is 0.352 e. The van der Waals surface area contributed by atoms with Crippen LogP contribution in [0.25, 0.3) is 0 Å². The van der Waals surface area contributed by atoms with Crippen molar-refractivity contribution in [3.05, 3.63) is 22.5 Å². The molecule has 20 heavy (non-hydrogen) atoms. The topological polar surface area (TPSA) is 91.4 Å². The van der Waals surface area contributed by atoms with Gasteiger partial charge in [0.2, 0.25) is 0 Å². The molecule has 2 unspecified atom stereocenters. The fourth-order valence-corrected chi connectivity index (χ4v) is 2.65. The van der Waals surface area contributed by atoms with Crippen LogP contribution in [0.2, 0.25) is 0 Å². The molecule has 6 nitrogen and oxygen atoms in total. The van der Waals surface area contributed by atoms with E-state index in [2.05, 4.69) is 10.3 Å². The van der Waals surface area contributed by atoms with Crippen molar-refractivity contribution in [1.82, 2.24) is 10.3 Å². The zero-order chi connectivity index (χ0) is 14.9. The highest BCUT2D eigenvalue weighted by molar-refractivity contribution is 6.00. The number of H-pyrrole nitrogens is 1. The lowest BCUT2D eigenvalue weighted by atomic mass is 10.00. The SMILES string of the molecule is Cc1[nH]c(C(=O)O)c(C)c1C(=O)NC(C)C1CCOC1. The van der Waals surface area contributed by atoms with Gasteiger partial charge in [0.25, 0.3) is 5.91 Å². The number of ether oxygens (including phenoxy) is 1. The van der Waals surface area contributed by atoms with E-state index in [1.165, 1.54) is 0 Å². The van der Waals surface area contributed by atoms with Gasteiger partial charge < -0.3 is 20.1 Å². The summed E-state index contributed by atoms with van der Waals surface area (Å²) in [7, 11) is 0. The predicted octanol–water partition coefficient (Wildman–Crippen LogP) is 1.48.